The van der Waals surface area contributed by atoms with Crippen LogP contribution in [0, 0.1) is 5.92 Å². The van der Waals surface area contributed by atoms with E-state index in [9.17, 15) is 0 Å². The van der Waals surface area contributed by atoms with Gasteiger partial charge in [-0.05, 0) is 25.3 Å². The normalized spacial score (nSPS) is 23.5. The van der Waals surface area contributed by atoms with Crippen molar-refractivity contribution in [1.82, 2.24) is 4.98 Å². The van der Waals surface area contributed by atoms with Crippen LogP contribution in [0.1, 0.15) is 19.3 Å². The summed E-state index contributed by atoms with van der Waals surface area (Å²) in [5.74, 6) is 0.654. The van der Waals surface area contributed by atoms with Gasteiger partial charge in [0.05, 0.1) is 0 Å². The van der Waals surface area contributed by atoms with Gasteiger partial charge >= 0.3 is 0 Å². The van der Waals surface area contributed by atoms with Crippen molar-refractivity contribution < 1.29 is 0 Å². The highest BCUT2D eigenvalue weighted by molar-refractivity contribution is 7.13. The average Bonchev–Trinajstić information content (AvgIpc) is 2.63. The Balaban J connectivity index is 2.03. The first-order valence-corrected chi connectivity index (χ1v) is 6.12. The number of rotatable bonds is 2. The summed E-state index contributed by atoms with van der Waals surface area (Å²) >= 11 is 1.73. The predicted molar refractivity (Wildman–Crippen MR) is 60.7 cm³/mol. The van der Waals surface area contributed by atoms with Crippen LogP contribution in [0.25, 0.3) is 0 Å². The number of nitrogens with two attached hydrogens (primary N) is 1. The topological polar surface area (TPSA) is 42.1 Å². The zero-order valence-electron chi connectivity index (χ0n) is 8.35. The van der Waals surface area contributed by atoms with Gasteiger partial charge in [0.2, 0.25) is 0 Å². The first kappa shape index (κ1) is 9.93. The molecule has 1 aromatic rings. The molecular weight excluding hydrogens is 194 g/mol. The van der Waals surface area contributed by atoms with Crippen molar-refractivity contribution >= 4 is 16.5 Å². The van der Waals surface area contributed by atoms with E-state index in [1.165, 1.54) is 19.3 Å². The Hall–Kier alpha value is -0.610. The lowest BCUT2D eigenvalue weighted by Gasteiger charge is -2.22. The first-order valence-electron chi connectivity index (χ1n) is 5.24. The second-order valence-electron chi connectivity index (χ2n) is 3.86. The fourth-order valence-corrected chi connectivity index (χ4v) is 2.65. The monoisotopic (exact) mass is 211 g/mol. The van der Waals surface area contributed by atoms with Crippen molar-refractivity contribution in [3.8, 4) is 0 Å². The SMILES string of the molecule is NCC1CCCCN(c2nccs2)C1. The molecule has 3 nitrogen and oxygen atoms in total. The lowest BCUT2D eigenvalue weighted by molar-refractivity contribution is 0.508. The van der Waals surface area contributed by atoms with Crippen LogP contribution in [-0.2, 0) is 0 Å². The smallest absolute Gasteiger partial charge is 0.185 e. The highest BCUT2D eigenvalue weighted by Gasteiger charge is 2.18. The van der Waals surface area contributed by atoms with Crippen LogP contribution >= 0.6 is 11.3 Å². The lowest BCUT2D eigenvalue weighted by Crippen LogP contribution is -2.31. The molecule has 0 amide bonds. The molecule has 1 atom stereocenters. The Labute approximate surface area is 88.9 Å². The van der Waals surface area contributed by atoms with Gasteiger partial charge in [0.25, 0.3) is 0 Å². The second-order valence-corrected chi connectivity index (χ2v) is 4.73. The van der Waals surface area contributed by atoms with Crippen LogP contribution < -0.4 is 10.6 Å². The minimum atomic E-state index is 0.654. The van der Waals surface area contributed by atoms with Crippen LogP contribution in [0.5, 0.6) is 0 Å². The lowest BCUT2D eigenvalue weighted by atomic mass is 10.0. The maximum atomic E-state index is 5.74. The Morgan fingerprint density at radius 3 is 3.21 bits per heavy atom. The third-order valence-corrected chi connectivity index (χ3v) is 3.62. The van der Waals surface area contributed by atoms with Crippen LogP contribution in [-0.4, -0.2) is 24.6 Å². The van der Waals surface area contributed by atoms with E-state index in [4.69, 9.17) is 5.73 Å². The first-order chi connectivity index (χ1) is 6.90. The fourth-order valence-electron chi connectivity index (χ4n) is 1.97. The van der Waals surface area contributed by atoms with Gasteiger partial charge in [0, 0.05) is 24.7 Å². The molecule has 4 heteroatoms. The number of nitrogens with zero attached hydrogens (tertiary/aromatic N) is 2. The summed E-state index contributed by atoms with van der Waals surface area (Å²) in [6.45, 7) is 3.04. The maximum Gasteiger partial charge on any atom is 0.185 e. The van der Waals surface area contributed by atoms with Crippen LogP contribution in [0.15, 0.2) is 11.6 Å². The number of anilines is 1. The molecule has 1 fully saturated rings. The zero-order valence-corrected chi connectivity index (χ0v) is 9.17. The number of hydrogen-bond acceptors (Lipinski definition) is 4. The Morgan fingerprint density at radius 1 is 1.57 bits per heavy atom. The molecule has 0 aromatic carbocycles. The molecule has 0 aliphatic carbocycles. The molecule has 0 radical (unpaired) electrons. The Kier molecular flexibility index (Phi) is 3.37. The van der Waals surface area contributed by atoms with E-state index in [-0.39, 0.29) is 0 Å². The molecule has 1 unspecified atom stereocenters. The summed E-state index contributed by atoms with van der Waals surface area (Å²) in [6.07, 6.45) is 5.74. The van der Waals surface area contributed by atoms with Crippen molar-refractivity contribution in [2.45, 2.75) is 19.3 Å². The predicted octanol–water partition coefficient (Wildman–Crippen LogP) is 1.71. The maximum absolute atomic E-state index is 5.74. The number of thiazole rings is 1. The quantitative estimate of drug-likeness (QED) is 0.809. The van der Waals surface area contributed by atoms with Gasteiger partial charge in [0.1, 0.15) is 0 Å². The molecule has 0 spiro atoms. The molecule has 1 aromatic heterocycles. The molecule has 14 heavy (non-hydrogen) atoms. The second kappa shape index (κ2) is 4.75. The molecule has 1 aliphatic heterocycles. The average molecular weight is 211 g/mol. The minimum Gasteiger partial charge on any atom is -0.348 e. The summed E-state index contributed by atoms with van der Waals surface area (Å²) in [6, 6.07) is 0. The molecule has 1 aliphatic rings. The van der Waals surface area contributed by atoms with Crippen molar-refractivity contribution in [1.29, 1.82) is 0 Å². The molecule has 2 rings (SSSR count). The van der Waals surface area contributed by atoms with Gasteiger partial charge in [0.15, 0.2) is 5.13 Å². The van der Waals surface area contributed by atoms with Gasteiger partial charge in [-0.3, -0.25) is 0 Å². The highest BCUT2D eigenvalue weighted by atomic mass is 32.1. The summed E-state index contributed by atoms with van der Waals surface area (Å²) < 4.78 is 0. The van der Waals surface area contributed by atoms with Gasteiger partial charge in [-0.15, -0.1) is 11.3 Å². The Morgan fingerprint density at radius 2 is 2.50 bits per heavy atom. The fraction of sp³-hybridized carbons (Fsp3) is 0.700. The summed E-state index contributed by atoms with van der Waals surface area (Å²) in [7, 11) is 0. The summed E-state index contributed by atoms with van der Waals surface area (Å²) in [5.41, 5.74) is 5.74. The molecule has 0 bridgehead atoms. The summed E-state index contributed by atoms with van der Waals surface area (Å²) in [5, 5.41) is 3.20. The van der Waals surface area contributed by atoms with Crippen molar-refractivity contribution in [3.63, 3.8) is 0 Å². The molecule has 2 heterocycles. The van der Waals surface area contributed by atoms with E-state index < -0.39 is 0 Å². The van der Waals surface area contributed by atoms with Crippen molar-refractivity contribution in [2.24, 2.45) is 11.7 Å². The number of aromatic nitrogens is 1. The van der Waals surface area contributed by atoms with Crippen molar-refractivity contribution in [2.75, 3.05) is 24.5 Å². The van der Waals surface area contributed by atoms with Gasteiger partial charge in [-0.2, -0.15) is 0 Å². The number of hydrogen-bond donors (Lipinski definition) is 1. The zero-order chi connectivity index (χ0) is 9.80. The molecule has 1 saturated heterocycles. The standard InChI is InChI=1S/C10H17N3S/c11-7-9-3-1-2-5-13(8-9)10-12-4-6-14-10/h4,6,9H,1-3,5,7-8,11H2. The van der Waals surface area contributed by atoms with Gasteiger partial charge in [-0.1, -0.05) is 6.42 Å². The third kappa shape index (κ3) is 2.25. The highest BCUT2D eigenvalue weighted by Crippen LogP contribution is 2.23. The van der Waals surface area contributed by atoms with Gasteiger partial charge in [-0.25, -0.2) is 4.98 Å². The van der Waals surface area contributed by atoms with Crippen LogP contribution in [0.3, 0.4) is 0 Å². The van der Waals surface area contributed by atoms with Gasteiger partial charge < -0.3 is 10.6 Å². The largest absolute Gasteiger partial charge is 0.348 e. The van der Waals surface area contributed by atoms with Crippen LogP contribution in [0.4, 0.5) is 5.13 Å². The summed E-state index contributed by atoms with van der Waals surface area (Å²) in [4.78, 5) is 6.74. The van der Waals surface area contributed by atoms with E-state index in [2.05, 4.69) is 9.88 Å². The van der Waals surface area contributed by atoms with E-state index in [1.807, 2.05) is 11.6 Å². The third-order valence-electron chi connectivity index (χ3n) is 2.79. The Bertz CT molecular complexity index is 260. The van der Waals surface area contributed by atoms with E-state index in [0.29, 0.717) is 5.92 Å². The molecule has 0 saturated carbocycles. The van der Waals surface area contributed by atoms with E-state index >= 15 is 0 Å². The minimum absolute atomic E-state index is 0.654. The molecular formula is C10H17N3S. The van der Waals surface area contributed by atoms with E-state index in [0.717, 1.165) is 24.8 Å². The van der Waals surface area contributed by atoms with E-state index in [1.54, 1.807) is 11.3 Å². The van der Waals surface area contributed by atoms with Crippen molar-refractivity contribution in [3.05, 3.63) is 11.6 Å². The molecule has 78 valence electrons. The van der Waals surface area contributed by atoms with Crippen LogP contribution in [0.2, 0.25) is 0 Å². The molecule has 2 N–H and O–H groups in total.